The lowest BCUT2D eigenvalue weighted by atomic mass is 9.98. The van der Waals surface area contributed by atoms with Crippen LogP contribution in [0.25, 0.3) is 0 Å². The van der Waals surface area contributed by atoms with E-state index in [1.807, 2.05) is 13.8 Å². The second kappa shape index (κ2) is 16.7. The van der Waals surface area contributed by atoms with E-state index in [2.05, 4.69) is 27.7 Å². The molecule has 4 unspecified atom stereocenters. The molecule has 2 nitrogen and oxygen atoms in total. The van der Waals surface area contributed by atoms with Crippen LogP contribution in [-0.2, 0) is 9.59 Å². The fourth-order valence-electron chi connectivity index (χ4n) is 2.12. The van der Waals surface area contributed by atoms with Gasteiger partial charge in [0.15, 0.2) is 0 Å². The third kappa shape index (κ3) is 17.4. The number of hydrogen-bond acceptors (Lipinski definition) is 2. The molecule has 22 heavy (non-hydrogen) atoms. The predicted molar refractivity (Wildman–Crippen MR) is 97.1 cm³/mol. The highest BCUT2D eigenvalue weighted by Crippen LogP contribution is 2.14. The van der Waals surface area contributed by atoms with Crippen molar-refractivity contribution in [2.24, 2.45) is 23.7 Å². The summed E-state index contributed by atoms with van der Waals surface area (Å²) in [5, 5.41) is 0. The van der Waals surface area contributed by atoms with Gasteiger partial charge in [-0.1, -0.05) is 80.1 Å². The molecule has 0 saturated heterocycles. The van der Waals surface area contributed by atoms with Gasteiger partial charge in [0.2, 0.25) is 0 Å². The fraction of sp³-hybridized carbons (Fsp3) is 0.900. The van der Waals surface area contributed by atoms with E-state index in [1.165, 1.54) is 38.5 Å². The normalized spacial score (nSPS) is 15.9. The third-order valence-corrected chi connectivity index (χ3v) is 4.57. The molecule has 0 radical (unpaired) electrons. The summed E-state index contributed by atoms with van der Waals surface area (Å²) in [7, 11) is 0. The van der Waals surface area contributed by atoms with E-state index in [0.717, 1.165) is 37.2 Å². The van der Waals surface area contributed by atoms with Gasteiger partial charge < -0.3 is 9.59 Å². The maximum atomic E-state index is 10.3. The number of hydrogen-bond donors (Lipinski definition) is 0. The van der Waals surface area contributed by atoms with Crippen molar-refractivity contribution in [2.45, 2.75) is 92.9 Å². The molecule has 0 spiro atoms. The first kappa shape index (κ1) is 23.6. The van der Waals surface area contributed by atoms with Crippen molar-refractivity contribution < 1.29 is 9.59 Å². The maximum Gasteiger partial charge on any atom is 0.122 e. The minimum absolute atomic E-state index is 0.263. The third-order valence-electron chi connectivity index (χ3n) is 4.57. The van der Waals surface area contributed by atoms with Crippen LogP contribution in [0.15, 0.2) is 0 Å². The van der Waals surface area contributed by atoms with E-state index in [0.29, 0.717) is 0 Å². The van der Waals surface area contributed by atoms with Crippen molar-refractivity contribution in [3.05, 3.63) is 0 Å². The summed E-state index contributed by atoms with van der Waals surface area (Å²) < 4.78 is 0. The lowest BCUT2D eigenvalue weighted by Gasteiger charge is -2.08. The molecule has 0 fully saturated rings. The monoisotopic (exact) mass is 312 g/mol. The SMILES string of the molecule is CCC(C)CCCC(C)C=O.CCC(C)CCCC(C)C=O. The second-order valence-corrected chi connectivity index (χ2v) is 7.12. The number of carbonyl (C=O) groups excluding carboxylic acids is 2. The molecular weight excluding hydrogens is 272 g/mol. The molecule has 0 aromatic rings. The molecule has 2 heteroatoms. The van der Waals surface area contributed by atoms with E-state index in [-0.39, 0.29) is 11.8 Å². The van der Waals surface area contributed by atoms with Crippen LogP contribution in [-0.4, -0.2) is 12.6 Å². The van der Waals surface area contributed by atoms with Gasteiger partial charge in [0.05, 0.1) is 0 Å². The van der Waals surface area contributed by atoms with Crippen LogP contribution in [0.1, 0.15) is 92.9 Å². The highest BCUT2D eigenvalue weighted by atomic mass is 16.1. The molecule has 132 valence electrons. The lowest BCUT2D eigenvalue weighted by Crippen LogP contribution is -1.98. The standard InChI is InChI=1S/2C10H20O/c2*1-4-9(2)6-5-7-10(3)8-11/h2*8-10H,4-7H2,1-3H3. The predicted octanol–water partition coefficient (Wildman–Crippen LogP) is 6.08. The summed E-state index contributed by atoms with van der Waals surface area (Å²) in [5.74, 6) is 2.18. The van der Waals surface area contributed by atoms with Gasteiger partial charge in [0.25, 0.3) is 0 Å². The molecule has 0 rings (SSSR count). The first-order chi connectivity index (χ1) is 10.4. The highest BCUT2D eigenvalue weighted by molar-refractivity contribution is 5.52. The van der Waals surface area contributed by atoms with Crippen molar-refractivity contribution in [1.29, 1.82) is 0 Å². The smallest absolute Gasteiger partial charge is 0.122 e. The van der Waals surface area contributed by atoms with Gasteiger partial charge in [-0.2, -0.15) is 0 Å². The molecule has 0 aromatic carbocycles. The first-order valence-corrected chi connectivity index (χ1v) is 9.31. The molecule has 0 aliphatic carbocycles. The van der Waals surface area contributed by atoms with Gasteiger partial charge in [-0.05, 0) is 24.7 Å². The zero-order chi connectivity index (χ0) is 17.4. The fourth-order valence-corrected chi connectivity index (χ4v) is 2.12. The Hall–Kier alpha value is -0.660. The lowest BCUT2D eigenvalue weighted by molar-refractivity contribution is -0.111. The van der Waals surface area contributed by atoms with Gasteiger partial charge in [0.1, 0.15) is 12.6 Å². The van der Waals surface area contributed by atoms with Crippen molar-refractivity contribution >= 4 is 12.6 Å². The van der Waals surface area contributed by atoms with E-state index in [9.17, 15) is 9.59 Å². The minimum atomic E-state index is 0.263. The molecule has 0 saturated carbocycles. The summed E-state index contributed by atoms with van der Waals surface area (Å²) in [6.45, 7) is 13.0. The van der Waals surface area contributed by atoms with Gasteiger partial charge >= 0.3 is 0 Å². The molecular formula is C20H40O2. The molecule has 0 heterocycles. The maximum absolute atomic E-state index is 10.3. The minimum Gasteiger partial charge on any atom is -0.303 e. The van der Waals surface area contributed by atoms with Gasteiger partial charge in [-0.3, -0.25) is 0 Å². The summed E-state index contributed by atoms with van der Waals surface area (Å²) >= 11 is 0. The van der Waals surface area contributed by atoms with Crippen LogP contribution in [0.4, 0.5) is 0 Å². The second-order valence-electron chi connectivity index (χ2n) is 7.12. The van der Waals surface area contributed by atoms with Gasteiger partial charge in [-0.25, -0.2) is 0 Å². The summed E-state index contributed by atoms with van der Waals surface area (Å²) in [6, 6.07) is 0. The van der Waals surface area contributed by atoms with Crippen molar-refractivity contribution in [2.75, 3.05) is 0 Å². The molecule has 0 aliphatic heterocycles. The van der Waals surface area contributed by atoms with Crippen LogP contribution in [0.3, 0.4) is 0 Å². The number of carbonyl (C=O) groups is 2. The Balaban J connectivity index is 0. The van der Waals surface area contributed by atoms with E-state index >= 15 is 0 Å². The Bertz CT molecular complexity index is 224. The van der Waals surface area contributed by atoms with E-state index in [1.54, 1.807) is 0 Å². The Morgan fingerprint density at radius 1 is 0.636 bits per heavy atom. The van der Waals surface area contributed by atoms with Crippen LogP contribution >= 0.6 is 0 Å². The molecule has 4 atom stereocenters. The van der Waals surface area contributed by atoms with Crippen LogP contribution in [0.2, 0.25) is 0 Å². The molecule has 0 amide bonds. The topological polar surface area (TPSA) is 34.1 Å². The van der Waals surface area contributed by atoms with Gasteiger partial charge in [-0.15, -0.1) is 0 Å². The average molecular weight is 313 g/mol. The summed E-state index contributed by atoms with van der Waals surface area (Å²) in [4.78, 5) is 20.5. The Morgan fingerprint density at radius 2 is 0.955 bits per heavy atom. The molecule has 0 bridgehead atoms. The highest BCUT2D eigenvalue weighted by Gasteiger charge is 2.02. The Morgan fingerprint density at radius 3 is 1.18 bits per heavy atom. The van der Waals surface area contributed by atoms with E-state index in [4.69, 9.17) is 0 Å². The summed E-state index contributed by atoms with van der Waals surface area (Å²) in [6.07, 6.45) is 11.7. The van der Waals surface area contributed by atoms with Crippen molar-refractivity contribution in [1.82, 2.24) is 0 Å². The summed E-state index contributed by atoms with van der Waals surface area (Å²) in [5.41, 5.74) is 0. The van der Waals surface area contributed by atoms with Crippen molar-refractivity contribution in [3.63, 3.8) is 0 Å². The quantitative estimate of drug-likeness (QED) is 0.409. The number of rotatable bonds is 12. The number of aldehydes is 2. The van der Waals surface area contributed by atoms with Crippen LogP contribution < -0.4 is 0 Å². The molecule has 0 aromatic heterocycles. The Kier molecular flexibility index (Phi) is 17.9. The first-order valence-electron chi connectivity index (χ1n) is 9.31. The molecule has 0 aliphatic rings. The van der Waals surface area contributed by atoms with Crippen LogP contribution in [0.5, 0.6) is 0 Å². The zero-order valence-electron chi connectivity index (χ0n) is 15.9. The largest absolute Gasteiger partial charge is 0.303 e. The van der Waals surface area contributed by atoms with Crippen LogP contribution in [0, 0.1) is 23.7 Å². The zero-order valence-corrected chi connectivity index (χ0v) is 15.9. The Labute approximate surface area is 139 Å². The molecule has 0 N–H and O–H groups in total. The average Bonchev–Trinajstić information content (AvgIpc) is 2.54. The van der Waals surface area contributed by atoms with Gasteiger partial charge in [0, 0.05) is 11.8 Å². The van der Waals surface area contributed by atoms with E-state index < -0.39 is 0 Å². The van der Waals surface area contributed by atoms with Crippen molar-refractivity contribution in [3.8, 4) is 0 Å².